The molecule has 0 aliphatic carbocycles. The number of ether oxygens (including phenoxy) is 3. The molecule has 4 aromatic rings. The third kappa shape index (κ3) is 5.37. The van der Waals surface area contributed by atoms with Gasteiger partial charge in [0.05, 0.1) is 30.2 Å². The fraction of sp³-hybridized carbons (Fsp3) is 0.250. The first-order valence-corrected chi connectivity index (χ1v) is 12.3. The van der Waals surface area contributed by atoms with E-state index in [4.69, 9.17) is 19.3 Å². The number of aliphatic imine (C=N–C) groups is 1. The van der Waals surface area contributed by atoms with Crippen LogP contribution in [0.3, 0.4) is 0 Å². The van der Waals surface area contributed by atoms with Gasteiger partial charge >= 0.3 is 0 Å². The third-order valence-corrected chi connectivity index (χ3v) is 6.03. The lowest BCUT2D eigenvalue weighted by Crippen LogP contribution is -2.43. The van der Waals surface area contributed by atoms with Gasteiger partial charge in [-0.25, -0.2) is 23.1 Å². The molecule has 0 fully saturated rings. The topological polar surface area (TPSA) is 125 Å². The molecule has 2 aromatic carbocycles. The summed E-state index contributed by atoms with van der Waals surface area (Å²) in [5.41, 5.74) is -0.0644. The normalized spacial score (nSPS) is 16.8. The van der Waals surface area contributed by atoms with Crippen molar-refractivity contribution in [3.8, 4) is 34.4 Å². The molecule has 0 amide bonds. The summed E-state index contributed by atoms with van der Waals surface area (Å²) in [5, 5.41) is 21.7. The molecule has 1 aliphatic heterocycles. The highest BCUT2D eigenvalue weighted by Gasteiger charge is 2.34. The number of H-pyrrole nitrogens is 1. The Hall–Kier alpha value is -4.76. The molecule has 3 heterocycles. The Labute approximate surface area is 226 Å². The van der Waals surface area contributed by atoms with Crippen molar-refractivity contribution in [2.45, 2.75) is 25.6 Å². The Balaban J connectivity index is 1.45. The van der Waals surface area contributed by atoms with Gasteiger partial charge in [0.25, 0.3) is 6.02 Å². The molecule has 9 nitrogen and oxygen atoms in total. The quantitative estimate of drug-likeness (QED) is 0.279. The summed E-state index contributed by atoms with van der Waals surface area (Å²) in [4.78, 5) is 11.1. The smallest absolute Gasteiger partial charge is 0.289 e. The van der Waals surface area contributed by atoms with E-state index in [-0.39, 0.29) is 30.1 Å². The van der Waals surface area contributed by atoms with Gasteiger partial charge in [-0.2, -0.15) is 5.26 Å². The van der Waals surface area contributed by atoms with Crippen LogP contribution in [0, 0.1) is 23.0 Å². The summed E-state index contributed by atoms with van der Waals surface area (Å²) < 4.78 is 60.7. The predicted octanol–water partition coefficient (Wildman–Crippen LogP) is 5.46. The fourth-order valence-corrected chi connectivity index (χ4v) is 4.12. The maximum absolute atomic E-state index is 15.1. The van der Waals surface area contributed by atoms with Crippen molar-refractivity contribution < 1.29 is 32.5 Å². The largest absolute Gasteiger partial charge is 0.490 e. The number of hydrogen-bond acceptors (Lipinski definition) is 8. The second-order valence-corrected chi connectivity index (χ2v) is 9.44. The standard InChI is InChI=1S/C28H24F3N5O4/c1-15(2)39-22-4-3-16(7-17(22)10-32)19-11-34-26-24(19)23(5-6-33-26)40-25-20(29)8-18(9-21(25)30)36-27-35-12-28(31,13-37)14-38-27/h3-9,11,15,37H,12-14H2,1-2H3,(H,33,34)(H,35,36). The van der Waals surface area contributed by atoms with Crippen LogP contribution in [0.5, 0.6) is 17.2 Å². The van der Waals surface area contributed by atoms with E-state index in [0.717, 1.165) is 12.1 Å². The summed E-state index contributed by atoms with van der Waals surface area (Å²) in [7, 11) is 0. The molecule has 0 spiro atoms. The van der Waals surface area contributed by atoms with Crippen molar-refractivity contribution in [3.05, 3.63) is 66.0 Å². The molecule has 1 aliphatic rings. The average molecular weight is 552 g/mol. The molecule has 1 unspecified atom stereocenters. The number of fused-ring (bicyclic) bond motifs is 1. The Morgan fingerprint density at radius 2 is 1.98 bits per heavy atom. The minimum Gasteiger partial charge on any atom is -0.490 e. The van der Waals surface area contributed by atoms with Crippen molar-refractivity contribution >= 4 is 22.7 Å². The Morgan fingerprint density at radius 1 is 1.20 bits per heavy atom. The van der Waals surface area contributed by atoms with Gasteiger partial charge < -0.3 is 29.6 Å². The predicted molar refractivity (Wildman–Crippen MR) is 141 cm³/mol. The van der Waals surface area contributed by atoms with E-state index >= 15 is 8.78 Å². The number of hydrogen-bond donors (Lipinski definition) is 3. The van der Waals surface area contributed by atoms with E-state index in [1.165, 1.54) is 12.3 Å². The third-order valence-electron chi connectivity index (χ3n) is 6.03. The first-order chi connectivity index (χ1) is 19.2. The highest BCUT2D eigenvalue weighted by Crippen LogP contribution is 2.39. The number of aromatic amines is 1. The number of amidine groups is 1. The molecule has 1 atom stereocenters. The number of halogens is 3. The van der Waals surface area contributed by atoms with Crippen molar-refractivity contribution in [1.29, 1.82) is 5.26 Å². The van der Waals surface area contributed by atoms with Gasteiger partial charge in [-0.1, -0.05) is 6.07 Å². The minimum absolute atomic E-state index is 0.0357. The number of benzene rings is 2. The van der Waals surface area contributed by atoms with Gasteiger partial charge in [0.1, 0.15) is 29.8 Å². The molecule has 2 aromatic heterocycles. The summed E-state index contributed by atoms with van der Waals surface area (Å²) in [5.74, 6) is -2.12. The van der Waals surface area contributed by atoms with Crippen LogP contribution in [0.15, 0.2) is 53.8 Å². The van der Waals surface area contributed by atoms with Crippen molar-refractivity contribution in [2.24, 2.45) is 4.99 Å². The van der Waals surface area contributed by atoms with Gasteiger partial charge in [-0.3, -0.25) is 0 Å². The number of anilines is 1. The molecule has 206 valence electrons. The molecule has 0 radical (unpaired) electrons. The summed E-state index contributed by atoms with van der Waals surface area (Å²) in [6, 6.07) is 10.5. The maximum atomic E-state index is 15.1. The average Bonchev–Trinajstić information content (AvgIpc) is 3.37. The van der Waals surface area contributed by atoms with Crippen LogP contribution in [0.1, 0.15) is 19.4 Å². The number of aliphatic hydroxyl groups is 1. The van der Waals surface area contributed by atoms with Gasteiger partial charge in [0.15, 0.2) is 23.1 Å². The van der Waals surface area contributed by atoms with Crippen molar-refractivity contribution in [2.75, 3.05) is 25.1 Å². The zero-order chi connectivity index (χ0) is 28.4. The van der Waals surface area contributed by atoms with Crippen LogP contribution in [0.2, 0.25) is 0 Å². The van der Waals surface area contributed by atoms with E-state index < -0.39 is 36.3 Å². The second kappa shape index (κ2) is 10.8. The molecular weight excluding hydrogens is 527 g/mol. The first kappa shape index (κ1) is 26.8. The molecule has 0 saturated carbocycles. The number of alkyl halides is 1. The molecule has 0 saturated heterocycles. The Morgan fingerprint density at radius 3 is 2.62 bits per heavy atom. The minimum atomic E-state index is -2.01. The van der Waals surface area contributed by atoms with Crippen LogP contribution < -0.4 is 14.8 Å². The summed E-state index contributed by atoms with van der Waals surface area (Å²) in [6.07, 6.45) is 2.97. The second-order valence-electron chi connectivity index (χ2n) is 9.44. The lowest BCUT2D eigenvalue weighted by molar-refractivity contribution is 0.0181. The number of rotatable bonds is 7. The lowest BCUT2D eigenvalue weighted by atomic mass is 10.0. The Bertz CT molecular complexity index is 1630. The zero-order valence-corrected chi connectivity index (χ0v) is 21.5. The highest BCUT2D eigenvalue weighted by molar-refractivity contribution is 5.98. The van der Waals surface area contributed by atoms with E-state index in [1.807, 2.05) is 13.8 Å². The Kier molecular flexibility index (Phi) is 7.23. The van der Waals surface area contributed by atoms with Crippen molar-refractivity contribution in [1.82, 2.24) is 9.97 Å². The van der Waals surface area contributed by atoms with Crippen LogP contribution in [-0.4, -0.2) is 52.6 Å². The zero-order valence-electron chi connectivity index (χ0n) is 21.5. The highest BCUT2D eigenvalue weighted by atomic mass is 19.1. The van der Waals surface area contributed by atoms with E-state index in [9.17, 15) is 9.65 Å². The summed E-state index contributed by atoms with van der Waals surface area (Å²) in [6.45, 7) is 2.13. The van der Waals surface area contributed by atoms with Gasteiger partial charge in [-0.05, 0) is 37.6 Å². The van der Waals surface area contributed by atoms with Crippen LogP contribution in [0.4, 0.5) is 18.9 Å². The molecule has 12 heteroatoms. The van der Waals surface area contributed by atoms with Gasteiger partial charge in [0.2, 0.25) is 0 Å². The summed E-state index contributed by atoms with van der Waals surface area (Å²) >= 11 is 0. The van der Waals surface area contributed by atoms with E-state index in [1.54, 1.807) is 24.4 Å². The number of nitrogens with zero attached hydrogens (tertiary/aromatic N) is 3. The lowest BCUT2D eigenvalue weighted by Gasteiger charge is -2.26. The van der Waals surface area contributed by atoms with Crippen LogP contribution in [0.25, 0.3) is 22.2 Å². The van der Waals surface area contributed by atoms with E-state index in [0.29, 0.717) is 33.5 Å². The first-order valence-electron chi connectivity index (χ1n) is 12.3. The number of pyridine rings is 1. The van der Waals surface area contributed by atoms with Gasteiger partial charge in [0, 0.05) is 35.8 Å². The molecule has 0 bridgehead atoms. The van der Waals surface area contributed by atoms with Crippen molar-refractivity contribution in [3.63, 3.8) is 0 Å². The maximum Gasteiger partial charge on any atom is 0.289 e. The SMILES string of the molecule is CC(C)Oc1ccc(-c2c[nH]c3nccc(Oc4c(F)cc(NC5=NCC(F)(CO)CO5)cc4F)c23)cc1C#N. The number of nitriles is 1. The van der Waals surface area contributed by atoms with Crippen LogP contribution in [-0.2, 0) is 4.74 Å². The fourth-order valence-electron chi connectivity index (χ4n) is 4.12. The molecule has 5 rings (SSSR count). The van der Waals surface area contributed by atoms with E-state index in [2.05, 4.69) is 26.3 Å². The molecular formula is C28H24F3N5O4. The van der Waals surface area contributed by atoms with Gasteiger partial charge in [-0.15, -0.1) is 0 Å². The number of nitrogens with one attached hydrogen (secondary N) is 2. The number of aromatic nitrogens is 2. The van der Waals surface area contributed by atoms with Crippen LogP contribution >= 0.6 is 0 Å². The molecule has 3 N–H and O–H groups in total. The number of aliphatic hydroxyl groups excluding tert-OH is 1. The monoisotopic (exact) mass is 551 g/mol. The molecule has 40 heavy (non-hydrogen) atoms.